The van der Waals surface area contributed by atoms with E-state index in [1.165, 1.54) is 18.3 Å². The van der Waals surface area contributed by atoms with Gasteiger partial charge in [0.15, 0.2) is 0 Å². The summed E-state index contributed by atoms with van der Waals surface area (Å²) in [6, 6.07) is 8.51. The summed E-state index contributed by atoms with van der Waals surface area (Å²) >= 11 is 1.47. The average molecular weight is 404 g/mol. The van der Waals surface area contributed by atoms with E-state index in [2.05, 4.69) is 10.6 Å². The molecule has 1 aromatic carbocycles. The number of hydrogen-bond acceptors (Lipinski definition) is 5. The molecular formula is C20H24N2O5S. The number of nitrogens with one attached hydrogen (secondary N) is 2. The van der Waals surface area contributed by atoms with E-state index in [1.807, 2.05) is 47.2 Å². The Hall–Kier alpha value is -2.71. The van der Waals surface area contributed by atoms with Crippen LogP contribution in [-0.4, -0.2) is 46.2 Å². The number of carboxylic acids is 2. The predicted octanol–water partition coefficient (Wildman–Crippen LogP) is 1.92. The number of hydrogen-bond donors (Lipinski definition) is 4. The van der Waals surface area contributed by atoms with Gasteiger partial charge in [-0.2, -0.15) is 11.3 Å². The molecule has 0 bridgehead atoms. The molecule has 1 aromatic heterocycles. The summed E-state index contributed by atoms with van der Waals surface area (Å²) in [6.07, 6.45) is 1.13. The Bertz CT molecular complexity index is 779. The first-order chi connectivity index (χ1) is 13.4. The van der Waals surface area contributed by atoms with Crippen LogP contribution in [-0.2, 0) is 27.2 Å². The number of carboxylic acid groups (broad SMARTS) is 2. The second-order valence-corrected chi connectivity index (χ2v) is 7.32. The second kappa shape index (κ2) is 10.6. The molecule has 1 heterocycles. The fourth-order valence-electron chi connectivity index (χ4n) is 2.72. The van der Waals surface area contributed by atoms with E-state index in [4.69, 9.17) is 5.11 Å². The van der Waals surface area contributed by atoms with Gasteiger partial charge >= 0.3 is 11.9 Å². The van der Waals surface area contributed by atoms with Crippen molar-refractivity contribution in [3.63, 3.8) is 0 Å². The predicted molar refractivity (Wildman–Crippen MR) is 106 cm³/mol. The fraction of sp³-hybridized carbons (Fsp3) is 0.350. The quantitative estimate of drug-likeness (QED) is 0.455. The van der Waals surface area contributed by atoms with Gasteiger partial charge in [0.05, 0.1) is 6.04 Å². The second-order valence-electron chi connectivity index (χ2n) is 6.54. The summed E-state index contributed by atoms with van der Waals surface area (Å²) < 4.78 is 0. The SMILES string of the molecule is C[C@H](NC(=O)[C@H](Cc1ccsc1)NC(CCc1ccccc1)C(=O)O)C(=O)O. The van der Waals surface area contributed by atoms with Crippen LogP contribution >= 0.6 is 11.3 Å². The van der Waals surface area contributed by atoms with E-state index in [-0.39, 0.29) is 6.42 Å². The third-order valence-corrected chi connectivity index (χ3v) is 5.06. The van der Waals surface area contributed by atoms with Gasteiger partial charge in [0.1, 0.15) is 12.1 Å². The van der Waals surface area contributed by atoms with Crippen LogP contribution in [0.5, 0.6) is 0 Å². The van der Waals surface area contributed by atoms with E-state index in [9.17, 15) is 19.5 Å². The molecule has 0 aliphatic rings. The number of thiophene rings is 1. The largest absolute Gasteiger partial charge is 0.480 e. The van der Waals surface area contributed by atoms with E-state index >= 15 is 0 Å². The van der Waals surface area contributed by atoms with Crippen molar-refractivity contribution in [3.05, 3.63) is 58.3 Å². The van der Waals surface area contributed by atoms with Crippen molar-refractivity contribution >= 4 is 29.2 Å². The summed E-state index contributed by atoms with van der Waals surface area (Å²) in [5.74, 6) is -2.74. The molecule has 3 atom stereocenters. The smallest absolute Gasteiger partial charge is 0.325 e. The summed E-state index contributed by atoms with van der Waals surface area (Å²) in [4.78, 5) is 35.4. The minimum absolute atomic E-state index is 0.275. The molecule has 0 fully saturated rings. The molecule has 8 heteroatoms. The van der Waals surface area contributed by atoms with Crippen molar-refractivity contribution in [1.29, 1.82) is 0 Å². The molecule has 1 unspecified atom stereocenters. The van der Waals surface area contributed by atoms with Gasteiger partial charge in [0.25, 0.3) is 0 Å². The molecule has 4 N–H and O–H groups in total. The van der Waals surface area contributed by atoms with Gasteiger partial charge in [-0.1, -0.05) is 30.3 Å². The molecule has 0 saturated carbocycles. The van der Waals surface area contributed by atoms with Crippen LogP contribution in [0.25, 0.3) is 0 Å². The van der Waals surface area contributed by atoms with E-state index < -0.39 is 36.0 Å². The number of carbonyl (C=O) groups excluding carboxylic acids is 1. The number of aryl methyl sites for hydroxylation is 1. The third kappa shape index (κ3) is 6.79. The molecule has 0 saturated heterocycles. The van der Waals surface area contributed by atoms with Crippen molar-refractivity contribution in [2.45, 2.75) is 44.3 Å². The maximum atomic E-state index is 12.6. The summed E-state index contributed by atoms with van der Waals surface area (Å²) in [5, 5.41) is 27.7. The molecule has 2 aromatic rings. The highest BCUT2D eigenvalue weighted by Gasteiger charge is 2.28. The fourth-order valence-corrected chi connectivity index (χ4v) is 3.41. The lowest BCUT2D eigenvalue weighted by molar-refractivity contribution is -0.143. The monoisotopic (exact) mass is 404 g/mol. The van der Waals surface area contributed by atoms with Crippen LogP contribution in [0.1, 0.15) is 24.5 Å². The van der Waals surface area contributed by atoms with Gasteiger partial charge in [-0.3, -0.25) is 19.7 Å². The van der Waals surface area contributed by atoms with Crippen molar-refractivity contribution in [1.82, 2.24) is 10.6 Å². The molecule has 7 nitrogen and oxygen atoms in total. The van der Waals surface area contributed by atoms with Crippen LogP contribution in [0.15, 0.2) is 47.2 Å². The van der Waals surface area contributed by atoms with Crippen LogP contribution in [0.3, 0.4) is 0 Å². The van der Waals surface area contributed by atoms with Crippen molar-refractivity contribution in [2.75, 3.05) is 0 Å². The number of amides is 1. The van der Waals surface area contributed by atoms with Crippen LogP contribution < -0.4 is 10.6 Å². The zero-order valence-electron chi connectivity index (χ0n) is 15.5. The van der Waals surface area contributed by atoms with E-state index in [0.29, 0.717) is 12.8 Å². The van der Waals surface area contributed by atoms with Gasteiger partial charge < -0.3 is 15.5 Å². The highest BCUT2D eigenvalue weighted by atomic mass is 32.1. The molecular weight excluding hydrogens is 380 g/mol. The summed E-state index contributed by atoms with van der Waals surface area (Å²) in [7, 11) is 0. The molecule has 28 heavy (non-hydrogen) atoms. The van der Waals surface area contributed by atoms with Gasteiger partial charge in [0, 0.05) is 0 Å². The maximum Gasteiger partial charge on any atom is 0.325 e. The first-order valence-corrected chi connectivity index (χ1v) is 9.88. The number of aliphatic carboxylic acids is 2. The zero-order valence-corrected chi connectivity index (χ0v) is 16.3. The lowest BCUT2D eigenvalue weighted by Gasteiger charge is -2.23. The molecule has 0 aliphatic heterocycles. The van der Waals surface area contributed by atoms with Crippen molar-refractivity contribution < 1.29 is 24.6 Å². The van der Waals surface area contributed by atoms with Gasteiger partial charge in [-0.25, -0.2) is 0 Å². The Balaban J connectivity index is 2.09. The normalized spacial score (nSPS) is 14.0. The third-order valence-electron chi connectivity index (χ3n) is 4.33. The Kier molecular flexibility index (Phi) is 8.16. The number of benzene rings is 1. The van der Waals surface area contributed by atoms with Crippen molar-refractivity contribution in [2.24, 2.45) is 0 Å². The average Bonchev–Trinajstić information content (AvgIpc) is 3.17. The first kappa shape index (κ1) is 21.6. The lowest BCUT2D eigenvalue weighted by atomic mass is 10.0. The van der Waals surface area contributed by atoms with Gasteiger partial charge in [0.2, 0.25) is 5.91 Å². The van der Waals surface area contributed by atoms with E-state index in [0.717, 1.165) is 11.1 Å². The number of carbonyl (C=O) groups is 3. The van der Waals surface area contributed by atoms with Gasteiger partial charge in [-0.05, 0) is 54.1 Å². The molecule has 0 spiro atoms. The van der Waals surface area contributed by atoms with Gasteiger partial charge in [-0.15, -0.1) is 0 Å². The lowest BCUT2D eigenvalue weighted by Crippen LogP contribution is -2.54. The van der Waals surface area contributed by atoms with Crippen LogP contribution in [0.4, 0.5) is 0 Å². The summed E-state index contributed by atoms with van der Waals surface area (Å²) in [6.45, 7) is 1.37. The van der Waals surface area contributed by atoms with Crippen LogP contribution in [0.2, 0.25) is 0 Å². The Labute approximate surface area is 167 Å². The van der Waals surface area contributed by atoms with Crippen LogP contribution in [0, 0.1) is 0 Å². The van der Waals surface area contributed by atoms with E-state index in [1.54, 1.807) is 0 Å². The summed E-state index contributed by atoms with van der Waals surface area (Å²) in [5.41, 5.74) is 1.89. The minimum atomic E-state index is -1.15. The Morgan fingerprint density at radius 2 is 1.71 bits per heavy atom. The first-order valence-electron chi connectivity index (χ1n) is 8.94. The Morgan fingerprint density at radius 1 is 1.00 bits per heavy atom. The molecule has 2 rings (SSSR count). The highest BCUT2D eigenvalue weighted by Crippen LogP contribution is 2.12. The Morgan fingerprint density at radius 3 is 2.29 bits per heavy atom. The highest BCUT2D eigenvalue weighted by molar-refractivity contribution is 7.07. The standard InChI is InChI=1S/C20H24N2O5S/c1-13(19(24)25)21-18(23)17(11-15-9-10-28-12-15)22-16(20(26)27)8-7-14-5-3-2-4-6-14/h2-6,9-10,12-13,16-17,22H,7-8,11H2,1H3,(H,21,23)(H,24,25)(H,26,27)/t13-,16?,17-/m0/s1. The zero-order chi connectivity index (χ0) is 20.5. The minimum Gasteiger partial charge on any atom is -0.480 e. The number of rotatable bonds is 11. The molecule has 1 amide bonds. The molecule has 0 aliphatic carbocycles. The molecule has 150 valence electrons. The maximum absolute atomic E-state index is 12.6. The topological polar surface area (TPSA) is 116 Å². The van der Waals surface area contributed by atoms with Crippen molar-refractivity contribution in [3.8, 4) is 0 Å². The molecule has 0 radical (unpaired) electrons.